The summed E-state index contributed by atoms with van der Waals surface area (Å²) >= 11 is 13.7. The van der Waals surface area contributed by atoms with Gasteiger partial charge in [0.05, 0.1) is 32.2 Å². The number of nitrogens with zero attached hydrogens (tertiary/aromatic N) is 1. The van der Waals surface area contributed by atoms with Gasteiger partial charge in [0.1, 0.15) is 0 Å². The Kier molecular flexibility index (Phi) is 8.50. The molecule has 1 aromatic rings. The zero-order chi connectivity index (χ0) is 12.2. The van der Waals surface area contributed by atoms with Crippen LogP contribution >= 0.6 is 35.0 Å². The zero-order valence-electron chi connectivity index (χ0n) is 10.3. The molecule has 0 aliphatic heterocycles. The van der Waals surface area contributed by atoms with Gasteiger partial charge in [0, 0.05) is 15.7 Å². The van der Waals surface area contributed by atoms with Crippen LogP contribution in [-0.4, -0.2) is 37.4 Å². The molecule has 1 nitrogen and oxygen atoms in total. The summed E-state index contributed by atoms with van der Waals surface area (Å²) in [6, 6.07) is 5.67. The highest BCUT2D eigenvalue weighted by molar-refractivity contribution is 7.99. The molecule has 0 aromatic heterocycles. The first kappa shape index (κ1) is 17.8. The van der Waals surface area contributed by atoms with Crippen LogP contribution in [0.25, 0.3) is 0 Å². The van der Waals surface area contributed by atoms with Gasteiger partial charge >= 0.3 is 0 Å². The number of benzene rings is 1. The molecule has 0 saturated carbocycles. The summed E-state index contributed by atoms with van der Waals surface area (Å²) < 4.78 is 1.04. The van der Waals surface area contributed by atoms with Gasteiger partial charge in [0.2, 0.25) is 0 Å². The number of quaternary nitrogens is 1. The predicted molar refractivity (Wildman–Crippen MR) is 74.7 cm³/mol. The molecule has 0 spiro atoms. The Bertz CT molecular complexity index is 358. The van der Waals surface area contributed by atoms with Crippen LogP contribution in [0.3, 0.4) is 0 Å². The van der Waals surface area contributed by atoms with Crippen molar-refractivity contribution in [3.05, 3.63) is 28.2 Å². The first-order valence-electron chi connectivity index (χ1n) is 5.34. The molecule has 0 heterocycles. The maximum Gasteiger partial charge on any atom is 0.0877 e. The quantitative estimate of drug-likeness (QED) is 0.402. The lowest BCUT2D eigenvalue weighted by atomic mass is 10.4. The van der Waals surface area contributed by atoms with E-state index < -0.39 is 0 Å². The van der Waals surface area contributed by atoms with E-state index in [0.29, 0.717) is 5.02 Å². The molecule has 0 bridgehead atoms. The van der Waals surface area contributed by atoms with Crippen LogP contribution in [0.1, 0.15) is 6.92 Å². The SMILES string of the molecule is CC[N+](C)(C)CCSc1ccc(Cl)cc1Cl.[I-]. The molecule has 17 heavy (non-hydrogen) atoms. The van der Waals surface area contributed by atoms with E-state index in [1.165, 1.54) is 0 Å². The average molecular weight is 406 g/mol. The molecule has 0 unspecified atom stereocenters. The smallest absolute Gasteiger partial charge is 0.0877 e. The van der Waals surface area contributed by atoms with E-state index in [9.17, 15) is 0 Å². The summed E-state index contributed by atoms with van der Waals surface area (Å²) in [6.45, 7) is 4.50. The molecule has 5 heteroatoms. The Morgan fingerprint density at radius 2 is 1.88 bits per heavy atom. The number of hydrogen-bond donors (Lipinski definition) is 0. The molecular formula is C12H18Cl2INS. The highest BCUT2D eigenvalue weighted by atomic mass is 127. The van der Waals surface area contributed by atoms with Gasteiger partial charge < -0.3 is 28.5 Å². The highest BCUT2D eigenvalue weighted by Gasteiger charge is 2.11. The minimum Gasteiger partial charge on any atom is -1.00 e. The lowest BCUT2D eigenvalue weighted by Gasteiger charge is -2.27. The fourth-order valence-electron chi connectivity index (χ4n) is 1.15. The Balaban J connectivity index is 0.00000256. The van der Waals surface area contributed by atoms with E-state index in [2.05, 4.69) is 21.0 Å². The lowest BCUT2D eigenvalue weighted by molar-refractivity contribution is -0.885. The van der Waals surface area contributed by atoms with Crippen LogP contribution < -0.4 is 24.0 Å². The second kappa shape index (κ2) is 8.10. The molecule has 0 saturated heterocycles. The summed E-state index contributed by atoms with van der Waals surface area (Å²) in [5.74, 6) is 1.07. The van der Waals surface area contributed by atoms with Gasteiger partial charge in [-0.3, -0.25) is 0 Å². The number of rotatable bonds is 5. The van der Waals surface area contributed by atoms with Gasteiger partial charge in [-0.25, -0.2) is 0 Å². The molecule has 0 aliphatic carbocycles. The minimum absolute atomic E-state index is 0. The molecule has 0 aliphatic rings. The van der Waals surface area contributed by atoms with Gasteiger partial charge in [-0.2, -0.15) is 0 Å². The van der Waals surface area contributed by atoms with E-state index in [1.807, 2.05) is 12.1 Å². The van der Waals surface area contributed by atoms with E-state index in [0.717, 1.165) is 33.2 Å². The Hall–Kier alpha value is 0.840. The van der Waals surface area contributed by atoms with Gasteiger partial charge in [-0.1, -0.05) is 23.2 Å². The topological polar surface area (TPSA) is 0 Å². The summed E-state index contributed by atoms with van der Waals surface area (Å²) in [7, 11) is 4.48. The van der Waals surface area contributed by atoms with E-state index >= 15 is 0 Å². The Labute approximate surface area is 135 Å². The van der Waals surface area contributed by atoms with Crippen molar-refractivity contribution in [2.45, 2.75) is 11.8 Å². The van der Waals surface area contributed by atoms with Crippen LogP contribution in [-0.2, 0) is 0 Å². The second-order valence-corrected chi connectivity index (χ2v) is 6.38. The fraction of sp³-hybridized carbons (Fsp3) is 0.500. The number of thioether (sulfide) groups is 1. The van der Waals surface area contributed by atoms with Crippen molar-refractivity contribution in [2.75, 3.05) is 32.9 Å². The van der Waals surface area contributed by atoms with Crippen LogP contribution in [0, 0.1) is 0 Å². The van der Waals surface area contributed by atoms with Gasteiger partial charge in [-0.15, -0.1) is 11.8 Å². The third kappa shape index (κ3) is 6.53. The molecule has 0 fully saturated rings. The van der Waals surface area contributed by atoms with Crippen molar-refractivity contribution in [1.82, 2.24) is 0 Å². The molecule has 1 rings (SSSR count). The van der Waals surface area contributed by atoms with Crippen LogP contribution in [0.5, 0.6) is 0 Å². The van der Waals surface area contributed by atoms with E-state index in [4.69, 9.17) is 23.2 Å². The van der Waals surface area contributed by atoms with Crippen LogP contribution in [0.4, 0.5) is 0 Å². The normalized spacial score (nSPS) is 11.1. The maximum atomic E-state index is 6.10. The lowest BCUT2D eigenvalue weighted by Crippen LogP contribution is -3.00. The Morgan fingerprint density at radius 1 is 1.24 bits per heavy atom. The first-order chi connectivity index (χ1) is 7.44. The first-order valence-corrected chi connectivity index (χ1v) is 7.08. The van der Waals surface area contributed by atoms with Crippen molar-refractivity contribution in [3.63, 3.8) is 0 Å². The molecule has 0 radical (unpaired) electrons. The van der Waals surface area contributed by atoms with E-state index in [-0.39, 0.29) is 24.0 Å². The monoisotopic (exact) mass is 405 g/mol. The zero-order valence-corrected chi connectivity index (χ0v) is 14.8. The molecular weight excluding hydrogens is 388 g/mol. The van der Waals surface area contributed by atoms with Crippen molar-refractivity contribution in [2.24, 2.45) is 0 Å². The predicted octanol–water partition coefficient (Wildman–Crippen LogP) is 1.19. The third-order valence-corrected chi connectivity index (χ3v) is 4.42. The summed E-state index contributed by atoms with van der Waals surface area (Å²) in [5.41, 5.74) is 0. The van der Waals surface area contributed by atoms with Crippen molar-refractivity contribution in [1.29, 1.82) is 0 Å². The number of hydrogen-bond acceptors (Lipinski definition) is 1. The van der Waals surface area contributed by atoms with Gasteiger partial charge in [-0.05, 0) is 25.1 Å². The standard InChI is InChI=1S/C12H18Cl2NS.HI/c1-4-15(2,3)7-8-16-12-6-5-10(13)9-11(12)14;/h5-6,9H,4,7-8H2,1-3H3;1H/q+1;/p-1. The molecule has 0 N–H and O–H groups in total. The summed E-state index contributed by atoms with van der Waals surface area (Å²) in [4.78, 5) is 1.11. The maximum absolute atomic E-state index is 6.10. The van der Waals surface area contributed by atoms with E-state index in [1.54, 1.807) is 17.8 Å². The molecule has 0 amide bonds. The molecule has 0 atom stereocenters. The Morgan fingerprint density at radius 3 is 2.41 bits per heavy atom. The number of halogens is 3. The van der Waals surface area contributed by atoms with Crippen LogP contribution in [0.15, 0.2) is 23.1 Å². The third-order valence-electron chi connectivity index (χ3n) is 2.70. The van der Waals surface area contributed by atoms with Crippen molar-refractivity contribution >= 4 is 35.0 Å². The summed E-state index contributed by atoms with van der Waals surface area (Å²) in [6.07, 6.45) is 0. The van der Waals surface area contributed by atoms with Gasteiger partial charge in [0.25, 0.3) is 0 Å². The average Bonchev–Trinajstić information content (AvgIpc) is 2.21. The minimum atomic E-state index is 0. The summed E-state index contributed by atoms with van der Waals surface area (Å²) in [5, 5.41) is 1.44. The van der Waals surface area contributed by atoms with Gasteiger partial charge in [0.15, 0.2) is 0 Å². The fourth-order valence-corrected chi connectivity index (χ4v) is 2.89. The molecule has 98 valence electrons. The van der Waals surface area contributed by atoms with Crippen LogP contribution in [0.2, 0.25) is 10.0 Å². The highest BCUT2D eigenvalue weighted by Crippen LogP contribution is 2.29. The van der Waals surface area contributed by atoms with Crippen molar-refractivity contribution < 1.29 is 28.5 Å². The largest absolute Gasteiger partial charge is 1.00 e. The molecule has 1 aromatic carbocycles. The van der Waals surface area contributed by atoms with Crippen molar-refractivity contribution in [3.8, 4) is 0 Å². The second-order valence-electron chi connectivity index (χ2n) is 4.40.